The average molecular weight is 281 g/mol. The van der Waals surface area contributed by atoms with E-state index in [1.165, 1.54) is 0 Å². The van der Waals surface area contributed by atoms with E-state index >= 15 is 0 Å². The first-order chi connectivity index (χ1) is 10.2. The zero-order valence-electron chi connectivity index (χ0n) is 11.4. The zero-order chi connectivity index (χ0) is 15.1. The van der Waals surface area contributed by atoms with Gasteiger partial charge in [-0.15, -0.1) is 0 Å². The number of nitrogens with zero attached hydrogens (tertiary/aromatic N) is 1. The Morgan fingerprint density at radius 2 is 2.05 bits per heavy atom. The molecule has 0 atom stereocenters. The average Bonchev–Trinajstić information content (AvgIpc) is 2.53. The molecule has 0 aliphatic heterocycles. The fraction of sp³-hybridized carbons (Fsp3) is 0.125. The molecule has 106 valence electrons. The summed E-state index contributed by atoms with van der Waals surface area (Å²) >= 11 is 0. The van der Waals surface area contributed by atoms with E-state index in [1.54, 1.807) is 36.4 Å². The van der Waals surface area contributed by atoms with Gasteiger partial charge in [0.25, 0.3) is 5.91 Å². The Hall–Kier alpha value is -3.00. The summed E-state index contributed by atoms with van der Waals surface area (Å²) < 4.78 is 5.48. The Labute approximate surface area is 123 Å². The molecule has 2 aromatic rings. The molecule has 3 N–H and O–H groups in total. The van der Waals surface area contributed by atoms with Gasteiger partial charge in [-0.3, -0.25) is 4.79 Å². The number of nitriles is 1. The number of hydrogen-bond donors (Lipinski definition) is 2. The van der Waals surface area contributed by atoms with E-state index in [2.05, 4.69) is 5.32 Å². The molecule has 5 nitrogen and oxygen atoms in total. The number of carbonyl (C=O) groups excluding carboxylic acids is 1. The van der Waals surface area contributed by atoms with E-state index in [4.69, 9.17) is 15.7 Å². The van der Waals surface area contributed by atoms with Crippen LogP contribution in [0.2, 0.25) is 0 Å². The van der Waals surface area contributed by atoms with Crippen molar-refractivity contribution in [3.63, 3.8) is 0 Å². The second-order valence-corrected chi connectivity index (χ2v) is 4.33. The van der Waals surface area contributed by atoms with Crippen LogP contribution in [0.4, 0.5) is 5.69 Å². The topological polar surface area (TPSA) is 88.1 Å². The van der Waals surface area contributed by atoms with E-state index in [0.29, 0.717) is 35.7 Å². The molecular formula is C16H15N3O2. The van der Waals surface area contributed by atoms with Gasteiger partial charge < -0.3 is 15.8 Å². The molecule has 0 heterocycles. The first-order valence-electron chi connectivity index (χ1n) is 6.46. The number of carbonyl (C=O) groups is 1. The fourth-order valence-corrected chi connectivity index (χ4v) is 1.77. The van der Waals surface area contributed by atoms with E-state index in [1.807, 2.05) is 18.2 Å². The highest BCUT2D eigenvalue weighted by atomic mass is 16.5. The lowest BCUT2D eigenvalue weighted by molar-refractivity contribution is 0.0947. The summed E-state index contributed by atoms with van der Waals surface area (Å²) in [6.45, 7) is 0.668. The van der Waals surface area contributed by atoms with E-state index in [9.17, 15) is 4.79 Å². The Balaban J connectivity index is 1.82. The number of amides is 1. The van der Waals surface area contributed by atoms with E-state index in [-0.39, 0.29) is 5.91 Å². The number of anilines is 1. The molecule has 2 rings (SSSR count). The SMILES string of the molecule is N#Cc1cccc(C(=O)NCCOc2ccccc2N)c1. The number of hydrogen-bond acceptors (Lipinski definition) is 4. The maximum atomic E-state index is 11.9. The summed E-state index contributed by atoms with van der Waals surface area (Å²) in [5.41, 5.74) is 7.21. The molecule has 2 aromatic carbocycles. The van der Waals surface area contributed by atoms with Gasteiger partial charge in [-0.05, 0) is 30.3 Å². The highest BCUT2D eigenvalue weighted by Gasteiger charge is 2.05. The maximum Gasteiger partial charge on any atom is 0.251 e. The number of ether oxygens (including phenoxy) is 1. The third-order valence-corrected chi connectivity index (χ3v) is 2.82. The van der Waals surface area contributed by atoms with Gasteiger partial charge in [0.2, 0.25) is 0 Å². The molecule has 0 unspecified atom stereocenters. The Morgan fingerprint density at radius 1 is 1.24 bits per heavy atom. The first-order valence-corrected chi connectivity index (χ1v) is 6.46. The molecule has 0 radical (unpaired) electrons. The fourth-order valence-electron chi connectivity index (χ4n) is 1.77. The van der Waals surface area contributed by atoms with Crippen LogP contribution < -0.4 is 15.8 Å². The molecule has 0 bridgehead atoms. The third-order valence-electron chi connectivity index (χ3n) is 2.82. The number of rotatable bonds is 5. The van der Waals surface area contributed by atoms with E-state index in [0.717, 1.165) is 0 Å². The summed E-state index contributed by atoms with van der Waals surface area (Å²) in [5.74, 6) is 0.356. The van der Waals surface area contributed by atoms with Crippen molar-refractivity contribution in [2.24, 2.45) is 0 Å². The predicted molar refractivity (Wildman–Crippen MR) is 79.8 cm³/mol. The molecule has 0 aliphatic rings. The Morgan fingerprint density at radius 3 is 2.81 bits per heavy atom. The molecule has 0 saturated heterocycles. The van der Waals surface area contributed by atoms with Crippen molar-refractivity contribution in [1.29, 1.82) is 5.26 Å². The minimum atomic E-state index is -0.239. The van der Waals surface area contributed by atoms with Crippen molar-refractivity contribution >= 4 is 11.6 Å². The minimum Gasteiger partial charge on any atom is -0.490 e. The van der Waals surface area contributed by atoms with Crippen molar-refractivity contribution in [2.45, 2.75) is 0 Å². The molecule has 0 saturated carbocycles. The quantitative estimate of drug-likeness (QED) is 0.647. The molecule has 0 fully saturated rings. The van der Waals surface area contributed by atoms with Gasteiger partial charge in [-0.25, -0.2) is 0 Å². The Kier molecular flexibility index (Phi) is 4.78. The molecular weight excluding hydrogens is 266 g/mol. The summed E-state index contributed by atoms with van der Waals surface area (Å²) in [4.78, 5) is 11.9. The lowest BCUT2D eigenvalue weighted by atomic mass is 10.1. The largest absolute Gasteiger partial charge is 0.490 e. The van der Waals surface area contributed by atoms with Crippen molar-refractivity contribution in [3.05, 3.63) is 59.7 Å². The van der Waals surface area contributed by atoms with Crippen molar-refractivity contribution < 1.29 is 9.53 Å². The van der Waals surface area contributed by atoms with Crippen molar-refractivity contribution in [1.82, 2.24) is 5.32 Å². The van der Waals surface area contributed by atoms with Crippen LogP contribution in [0, 0.1) is 11.3 Å². The van der Waals surface area contributed by atoms with Gasteiger partial charge in [0.15, 0.2) is 0 Å². The van der Waals surface area contributed by atoms with Crippen LogP contribution >= 0.6 is 0 Å². The summed E-state index contributed by atoms with van der Waals surface area (Å²) in [6, 6.07) is 15.7. The van der Waals surface area contributed by atoms with Crippen LogP contribution in [0.5, 0.6) is 5.75 Å². The molecule has 1 amide bonds. The van der Waals surface area contributed by atoms with Crippen LogP contribution in [0.25, 0.3) is 0 Å². The molecule has 21 heavy (non-hydrogen) atoms. The highest BCUT2D eigenvalue weighted by Crippen LogP contribution is 2.19. The second-order valence-electron chi connectivity index (χ2n) is 4.33. The second kappa shape index (κ2) is 6.96. The monoisotopic (exact) mass is 281 g/mol. The third kappa shape index (κ3) is 3.98. The van der Waals surface area contributed by atoms with Crippen LogP contribution in [-0.2, 0) is 0 Å². The normalized spacial score (nSPS) is 9.67. The number of para-hydroxylation sites is 2. The number of benzene rings is 2. The minimum absolute atomic E-state index is 0.239. The van der Waals surface area contributed by atoms with Crippen molar-refractivity contribution in [3.8, 4) is 11.8 Å². The standard InChI is InChI=1S/C16H15N3O2/c17-11-12-4-3-5-13(10-12)16(20)19-8-9-21-15-7-2-1-6-14(15)18/h1-7,10H,8-9,18H2,(H,19,20). The van der Waals surface area contributed by atoms with Crippen LogP contribution in [-0.4, -0.2) is 19.1 Å². The number of nitrogens with one attached hydrogen (secondary N) is 1. The molecule has 0 spiro atoms. The predicted octanol–water partition coefficient (Wildman–Crippen LogP) is 1.95. The molecule has 0 aliphatic carbocycles. The number of nitrogen functional groups attached to an aromatic ring is 1. The summed E-state index contributed by atoms with van der Waals surface area (Å²) in [5, 5.41) is 11.5. The maximum absolute atomic E-state index is 11.9. The summed E-state index contributed by atoms with van der Waals surface area (Å²) in [6.07, 6.45) is 0. The Bertz CT molecular complexity index is 677. The summed E-state index contributed by atoms with van der Waals surface area (Å²) in [7, 11) is 0. The number of nitrogens with two attached hydrogens (primary N) is 1. The van der Waals surface area contributed by atoms with Gasteiger partial charge >= 0.3 is 0 Å². The van der Waals surface area contributed by atoms with E-state index < -0.39 is 0 Å². The molecule has 0 aromatic heterocycles. The highest BCUT2D eigenvalue weighted by molar-refractivity contribution is 5.94. The smallest absolute Gasteiger partial charge is 0.251 e. The first kappa shape index (κ1) is 14.4. The van der Waals surface area contributed by atoms with Crippen molar-refractivity contribution in [2.75, 3.05) is 18.9 Å². The van der Waals surface area contributed by atoms with Gasteiger partial charge in [-0.1, -0.05) is 18.2 Å². The van der Waals surface area contributed by atoms with Gasteiger partial charge in [0, 0.05) is 5.56 Å². The van der Waals surface area contributed by atoms with Crippen LogP contribution in [0.3, 0.4) is 0 Å². The van der Waals surface area contributed by atoms with Gasteiger partial charge in [-0.2, -0.15) is 5.26 Å². The van der Waals surface area contributed by atoms with Gasteiger partial charge in [0.1, 0.15) is 12.4 Å². The van der Waals surface area contributed by atoms with Crippen LogP contribution in [0.15, 0.2) is 48.5 Å². The molecule has 5 heteroatoms. The van der Waals surface area contributed by atoms with Crippen LogP contribution in [0.1, 0.15) is 15.9 Å². The lowest BCUT2D eigenvalue weighted by Crippen LogP contribution is -2.28. The zero-order valence-corrected chi connectivity index (χ0v) is 11.4. The van der Waals surface area contributed by atoms with Gasteiger partial charge in [0.05, 0.1) is 23.9 Å². The lowest BCUT2D eigenvalue weighted by Gasteiger charge is -2.09.